The maximum atomic E-state index is 13.2. The van der Waals surface area contributed by atoms with Gasteiger partial charge in [-0.2, -0.15) is 18.3 Å². The third-order valence-corrected chi connectivity index (χ3v) is 4.33. The highest BCUT2D eigenvalue weighted by molar-refractivity contribution is 6.35. The van der Waals surface area contributed by atoms with Gasteiger partial charge in [0.25, 0.3) is 0 Å². The van der Waals surface area contributed by atoms with Gasteiger partial charge in [0.2, 0.25) is 5.91 Å². The molecule has 3 rings (SSSR count). The van der Waals surface area contributed by atoms with Crippen molar-refractivity contribution in [1.82, 2.24) is 9.78 Å². The predicted molar refractivity (Wildman–Crippen MR) is 96.9 cm³/mol. The van der Waals surface area contributed by atoms with Crippen molar-refractivity contribution in [2.45, 2.75) is 12.6 Å². The molecule has 2 N–H and O–H groups in total. The molecule has 1 heterocycles. The van der Waals surface area contributed by atoms with Gasteiger partial charge in [0.1, 0.15) is 0 Å². The topological polar surface area (TPSA) is 60.9 Å². The first-order chi connectivity index (χ1) is 12.6. The SMILES string of the molecule is NC(=O)Cc1ccc(-n2nc(C(F)(F)F)cc2-c2cc(Cl)ccc2Cl)cc1. The van der Waals surface area contributed by atoms with Crippen LogP contribution in [0.1, 0.15) is 11.3 Å². The Morgan fingerprint density at radius 2 is 1.74 bits per heavy atom. The Labute approximate surface area is 162 Å². The number of hydrogen-bond donors (Lipinski definition) is 1. The Hall–Kier alpha value is -2.51. The highest BCUT2D eigenvalue weighted by atomic mass is 35.5. The zero-order valence-electron chi connectivity index (χ0n) is 13.6. The van der Waals surface area contributed by atoms with Crippen LogP contribution in [0, 0.1) is 0 Å². The molecule has 0 aliphatic heterocycles. The number of aromatic nitrogens is 2. The van der Waals surface area contributed by atoms with Crippen LogP contribution in [0.2, 0.25) is 10.0 Å². The van der Waals surface area contributed by atoms with Crippen LogP contribution >= 0.6 is 23.2 Å². The lowest BCUT2D eigenvalue weighted by atomic mass is 10.1. The quantitative estimate of drug-likeness (QED) is 0.661. The summed E-state index contributed by atoms with van der Waals surface area (Å²) in [5.74, 6) is -0.507. The number of benzene rings is 2. The largest absolute Gasteiger partial charge is 0.435 e. The number of halogens is 5. The molecule has 140 valence electrons. The Balaban J connectivity index is 2.15. The van der Waals surface area contributed by atoms with E-state index in [1.54, 1.807) is 24.3 Å². The highest BCUT2D eigenvalue weighted by Gasteiger charge is 2.35. The van der Waals surface area contributed by atoms with E-state index in [0.717, 1.165) is 10.7 Å². The number of amides is 1. The van der Waals surface area contributed by atoms with Crippen LogP contribution in [-0.2, 0) is 17.4 Å². The van der Waals surface area contributed by atoms with Crippen molar-refractivity contribution >= 4 is 29.1 Å². The van der Waals surface area contributed by atoms with E-state index in [2.05, 4.69) is 5.10 Å². The second-order valence-electron chi connectivity index (χ2n) is 5.76. The summed E-state index contributed by atoms with van der Waals surface area (Å²) in [6.07, 6.45) is -4.60. The molecule has 2 aromatic carbocycles. The lowest BCUT2D eigenvalue weighted by molar-refractivity contribution is -0.141. The molecular formula is C18H12Cl2F3N3O. The predicted octanol–water partition coefficient (Wildman–Crippen LogP) is 4.89. The van der Waals surface area contributed by atoms with E-state index in [1.807, 2.05) is 0 Å². The van der Waals surface area contributed by atoms with Crippen LogP contribution in [0.5, 0.6) is 0 Å². The van der Waals surface area contributed by atoms with Gasteiger partial charge in [-0.15, -0.1) is 0 Å². The average molecular weight is 414 g/mol. The van der Waals surface area contributed by atoms with Crippen molar-refractivity contribution in [3.63, 3.8) is 0 Å². The fraction of sp³-hybridized carbons (Fsp3) is 0.111. The second kappa shape index (κ2) is 7.25. The molecule has 4 nitrogen and oxygen atoms in total. The first-order valence-corrected chi connectivity index (χ1v) is 8.41. The Morgan fingerprint density at radius 3 is 2.33 bits per heavy atom. The molecule has 3 aromatic rings. The molecule has 0 unspecified atom stereocenters. The fourth-order valence-electron chi connectivity index (χ4n) is 2.56. The molecular weight excluding hydrogens is 402 g/mol. The minimum atomic E-state index is -4.63. The number of carbonyl (C=O) groups is 1. The van der Waals surface area contributed by atoms with Crippen LogP contribution in [-0.4, -0.2) is 15.7 Å². The summed E-state index contributed by atoms with van der Waals surface area (Å²) >= 11 is 12.1. The van der Waals surface area contributed by atoms with Gasteiger partial charge in [0.15, 0.2) is 5.69 Å². The number of hydrogen-bond acceptors (Lipinski definition) is 2. The van der Waals surface area contributed by atoms with E-state index in [0.29, 0.717) is 21.8 Å². The molecule has 0 saturated carbocycles. The Bertz CT molecular complexity index is 998. The molecule has 9 heteroatoms. The van der Waals surface area contributed by atoms with E-state index in [-0.39, 0.29) is 17.1 Å². The standard InChI is InChI=1S/C18H12Cl2F3N3O/c19-11-3-6-14(20)13(8-11)15-9-16(18(21,22)23)25-26(15)12-4-1-10(2-5-12)7-17(24)27/h1-6,8-9H,7H2,(H2,24,27). The summed E-state index contributed by atoms with van der Waals surface area (Å²) in [5.41, 5.74) is 5.54. The maximum absolute atomic E-state index is 13.2. The molecule has 0 spiro atoms. The first-order valence-electron chi connectivity index (χ1n) is 7.65. The number of nitrogens with zero attached hydrogens (tertiary/aromatic N) is 2. The summed E-state index contributed by atoms with van der Waals surface area (Å²) in [4.78, 5) is 11.0. The maximum Gasteiger partial charge on any atom is 0.435 e. The first kappa shape index (κ1) is 19.3. The fourth-order valence-corrected chi connectivity index (χ4v) is 2.94. The van der Waals surface area contributed by atoms with Crippen LogP contribution < -0.4 is 5.73 Å². The van der Waals surface area contributed by atoms with Crippen LogP contribution in [0.3, 0.4) is 0 Å². The van der Waals surface area contributed by atoms with Gasteiger partial charge in [-0.1, -0.05) is 35.3 Å². The summed E-state index contributed by atoms with van der Waals surface area (Å²) in [5, 5.41) is 4.25. The molecule has 0 atom stereocenters. The van der Waals surface area contributed by atoms with Gasteiger partial charge in [-0.25, -0.2) is 4.68 Å². The van der Waals surface area contributed by atoms with Crippen molar-refractivity contribution in [2.24, 2.45) is 5.73 Å². The highest BCUT2D eigenvalue weighted by Crippen LogP contribution is 2.36. The summed E-state index contributed by atoms with van der Waals surface area (Å²) < 4.78 is 40.8. The molecule has 0 fully saturated rings. The van der Waals surface area contributed by atoms with Crippen LogP contribution in [0.15, 0.2) is 48.5 Å². The van der Waals surface area contributed by atoms with Crippen molar-refractivity contribution in [2.75, 3.05) is 0 Å². The molecule has 0 aliphatic carbocycles. The lowest BCUT2D eigenvalue weighted by Gasteiger charge is -2.10. The van der Waals surface area contributed by atoms with E-state index < -0.39 is 17.8 Å². The number of primary amides is 1. The zero-order valence-corrected chi connectivity index (χ0v) is 15.1. The normalized spacial score (nSPS) is 11.6. The van der Waals surface area contributed by atoms with E-state index in [4.69, 9.17) is 28.9 Å². The summed E-state index contributed by atoms with van der Waals surface area (Å²) in [6, 6.07) is 11.7. The summed E-state index contributed by atoms with van der Waals surface area (Å²) in [6.45, 7) is 0. The van der Waals surface area contributed by atoms with Crippen LogP contribution in [0.4, 0.5) is 13.2 Å². The van der Waals surface area contributed by atoms with Gasteiger partial charge >= 0.3 is 6.18 Å². The van der Waals surface area contributed by atoms with Crippen molar-refractivity contribution in [3.05, 3.63) is 69.8 Å². The molecule has 1 aromatic heterocycles. The molecule has 0 bridgehead atoms. The van der Waals surface area contributed by atoms with E-state index >= 15 is 0 Å². The van der Waals surface area contributed by atoms with Gasteiger partial charge in [-0.3, -0.25) is 4.79 Å². The van der Waals surface area contributed by atoms with Gasteiger partial charge < -0.3 is 5.73 Å². The average Bonchev–Trinajstić information content (AvgIpc) is 3.02. The molecule has 1 amide bonds. The number of nitrogens with two attached hydrogens (primary N) is 1. The monoisotopic (exact) mass is 413 g/mol. The van der Waals surface area contributed by atoms with Crippen molar-refractivity contribution in [1.29, 1.82) is 0 Å². The molecule has 27 heavy (non-hydrogen) atoms. The molecule has 0 saturated heterocycles. The summed E-state index contributed by atoms with van der Waals surface area (Å²) in [7, 11) is 0. The molecule has 0 radical (unpaired) electrons. The third-order valence-electron chi connectivity index (χ3n) is 3.76. The van der Waals surface area contributed by atoms with Crippen LogP contribution in [0.25, 0.3) is 16.9 Å². The van der Waals surface area contributed by atoms with Gasteiger partial charge in [0, 0.05) is 10.6 Å². The van der Waals surface area contributed by atoms with E-state index in [9.17, 15) is 18.0 Å². The zero-order chi connectivity index (χ0) is 19.8. The van der Waals surface area contributed by atoms with Gasteiger partial charge in [-0.05, 0) is 42.0 Å². The third kappa shape index (κ3) is 4.26. The number of carbonyl (C=O) groups excluding carboxylic acids is 1. The van der Waals surface area contributed by atoms with Crippen molar-refractivity contribution < 1.29 is 18.0 Å². The van der Waals surface area contributed by atoms with E-state index in [1.165, 1.54) is 18.2 Å². The lowest BCUT2D eigenvalue weighted by Crippen LogP contribution is -2.13. The second-order valence-corrected chi connectivity index (χ2v) is 6.60. The molecule has 0 aliphatic rings. The Kier molecular flexibility index (Phi) is 5.17. The van der Waals surface area contributed by atoms with Gasteiger partial charge in [0.05, 0.1) is 22.8 Å². The number of alkyl halides is 3. The smallest absolute Gasteiger partial charge is 0.369 e. The minimum absolute atomic E-state index is 0.0279. The number of rotatable bonds is 4. The van der Waals surface area contributed by atoms with Crippen molar-refractivity contribution in [3.8, 4) is 16.9 Å². The minimum Gasteiger partial charge on any atom is -0.369 e. The Morgan fingerprint density at radius 1 is 1.07 bits per heavy atom.